The van der Waals surface area contributed by atoms with E-state index in [9.17, 15) is 0 Å². The predicted molar refractivity (Wildman–Crippen MR) is 53.1 cm³/mol. The van der Waals surface area contributed by atoms with Gasteiger partial charge in [-0.15, -0.1) is 0 Å². The molecule has 1 fully saturated rings. The van der Waals surface area contributed by atoms with Crippen molar-refractivity contribution in [3.05, 3.63) is 0 Å². The number of hydrogen-bond acceptors (Lipinski definition) is 3. The summed E-state index contributed by atoms with van der Waals surface area (Å²) in [6.07, 6.45) is 5.20. The Hall–Kier alpha value is -0.570. The Bertz CT molecular complexity index is 207. The number of ether oxygens (including phenoxy) is 1. The average molecular weight is 182 g/mol. The standard InChI is InChI=1S/C10H18N2O/c1-2-13-7-9-11-8-10(12-9)5-3-4-6-10/h2-8H2,1H3,(H,11,12). The maximum Gasteiger partial charge on any atom is 0.123 e. The van der Waals surface area contributed by atoms with Crippen LogP contribution in [-0.4, -0.2) is 31.1 Å². The molecule has 0 aromatic carbocycles. The van der Waals surface area contributed by atoms with E-state index in [0.717, 1.165) is 19.0 Å². The molecule has 1 aliphatic heterocycles. The van der Waals surface area contributed by atoms with E-state index < -0.39 is 0 Å². The maximum atomic E-state index is 5.33. The number of aliphatic imine (C=N–C) groups is 1. The third-order valence-electron chi connectivity index (χ3n) is 2.97. The summed E-state index contributed by atoms with van der Waals surface area (Å²) >= 11 is 0. The molecule has 1 heterocycles. The Morgan fingerprint density at radius 2 is 2.23 bits per heavy atom. The van der Waals surface area contributed by atoms with Gasteiger partial charge in [-0.3, -0.25) is 4.99 Å². The lowest BCUT2D eigenvalue weighted by Crippen LogP contribution is -2.30. The van der Waals surface area contributed by atoms with Crippen molar-refractivity contribution in [3.8, 4) is 0 Å². The van der Waals surface area contributed by atoms with E-state index in [1.54, 1.807) is 0 Å². The number of rotatable bonds is 3. The fourth-order valence-corrected chi connectivity index (χ4v) is 2.24. The van der Waals surface area contributed by atoms with Crippen molar-refractivity contribution in [2.45, 2.75) is 38.1 Å². The second-order valence-corrected chi connectivity index (χ2v) is 3.98. The molecule has 1 saturated carbocycles. The Kier molecular flexibility index (Phi) is 2.54. The van der Waals surface area contributed by atoms with Crippen LogP contribution in [0.15, 0.2) is 4.99 Å². The summed E-state index contributed by atoms with van der Waals surface area (Å²) in [5.74, 6) is 1.06. The highest BCUT2D eigenvalue weighted by molar-refractivity contribution is 5.85. The highest BCUT2D eigenvalue weighted by Gasteiger charge is 2.37. The van der Waals surface area contributed by atoms with Crippen LogP contribution in [0.4, 0.5) is 0 Å². The van der Waals surface area contributed by atoms with Crippen LogP contribution in [0.1, 0.15) is 32.6 Å². The molecule has 0 saturated heterocycles. The van der Waals surface area contributed by atoms with Crippen LogP contribution in [0.5, 0.6) is 0 Å². The van der Waals surface area contributed by atoms with Crippen LogP contribution in [0.25, 0.3) is 0 Å². The maximum absolute atomic E-state index is 5.33. The first-order valence-corrected chi connectivity index (χ1v) is 5.25. The molecule has 1 N–H and O–H groups in total. The van der Waals surface area contributed by atoms with Crippen LogP contribution >= 0.6 is 0 Å². The summed E-state index contributed by atoms with van der Waals surface area (Å²) in [4.78, 5) is 4.74. The minimum atomic E-state index is 0.256. The Morgan fingerprint density at radius 3 is 2.92 bits per heavy atom. The number of nitrogens with zero attached hydrogens (tertiary/aromatic N) is 1. The van der Waals surface area contributed by atoms with E-state index in [2.05, 4.69) is 5.32 Å². The van der Waals surface area contributed by atoms with Gasteiger partial charge in [-0.2, -0.15) is 0 Å². The van der Waals surface area contributed by atoms with Gasteiger partial charge in [0, 0.05) is 13.2 Å². The third kappa shape index (κ3) is 1.85. The molecule has 0 aromatic heterocycles. The van der Waals surface area contributed by atoms with Gasteiger partial charge < -0.3 is 10.1 Å². The van der Waals surface area contributed by atoms with Gasteiger partial charge in [0.2, 0.25) is 0 Å². The minimum absolute atomic E-state index is 0.256. The Labute approximate surface area is 79.6 Å². The number of nitrogens with one attached hydrogen (secondary N) is 1. The molecular weight excluding hydrogens is 164 g/mol. The molecule has 1 spiro atoms. The first kappa shape index (κ1) is 9.00. The minimum Gasteiger partial charge on any atom is -0.374 e. The molecule has 0 amide bonds. The Morgan fingerprint density at radius 1 is 1.46 bits per heavy atom. The zero-order valence-corrected chi connectivity index (χ0v) is 8.31. The van der Waals surface area contributed by atoms with Gasteiger partial charge in [-0.05, 0) is 19.8 Å². The van der Waals surface area contributed by atoms with Gasteiger partial charge in [0.15, 0.2) is 0 Å². The molecule has 0 atom stereocenters. The number of hydrogen-bond donors (Lipinski definition) is 1. The lowest BCUT2D eigenvalue weighted by molar-refractivity contribution is 0.186. The topological polar surface area (TPSA) is 33.6 Å². The smallest absolute Gasteiger partial charge is 0.123 e. The molecule has 13 heavy (non-hydrogen) atoms. The molecule has 3 nitrogen and oxygen atoms in total. The van der Waals surface area contributed by atoms with Gasteiger partial charge >= 0.3 is 0 Å². The van der Waals surface area contributed by atoms with Crippen LogP contribution in [-0.2, 0) is 4.74 Å². The van der Waals surface area contributed by atoms with Gasteiger partial charge in [0.05, 0.1) is 5.54 Å². The fourth-order valence-electron chi connectivity index (χ4n) is 2.24. The molecule has 1 aliphatic carbocycles. The quantitative estimate of drug-likeness (QED) is 0.714. The molecule has 3 heteroatoms. The first-order chi connectivity index (χ1) is 6.35. The fraction of sp³-hybridized carbons (Fsp3) is 0.900. The summed E-state index contributed by atoms with van der Waals surface area (Å²) in [5, 5.41) is 3.35. The lowest BCUT2D eigenvalue weighted by Gasteiger charge is -2.16. The van der Waals surface area contributed by atoms with E-state index in [0.29, 0.717) is 6.61 Å². The zero-order chi connectivity index (χ0) is 9.15. The molecule has 0 aromatic rings. The van der Waals surface area contributed by atoms with E-state index in [4.69, 9.17) is 9.73 Å². The van der Waals surface area contributed by atoms with E-state index in [1.807, 2.05) is 6.92 Å². The zero-order valence-electron chi connectivity index (χ0n) is 8.31. The second kappa shape index (κ2) is 3.66. The van der Waals surface area contributed by atoms with Gasteiger partial charge in [-0.1, -0.05) is 12.8 Å². The van der Waals surface area contributed by atoms with Crippen LogP contribution in [0, 0.1) is 0 Å². The largest absolute Gasteiger partial charge is 0.374 e. The second-order valence-electron chi connectivity index (χ2n) is 3.98. The number of amidine groups is 1. The van der Waals surface area contributed by atoms with E-state index in [1.165, 1.54) is 25.7 Å². The van der Waals surface area contributed by atoms with Crippen molar-refractivity contribution < 1.29 is 4.74 Å². The molecule has 0 bridgehead atoms. The van der Waals surface area contributed by atoms with Crippen LogP contribution in [0.2, 0.25) is 0 Å². The Balaban J connectivity index is 1.92. The predicted octanol–water partition coefficient (Wildman–Crippen LogP) is 1.34. The van der Waals surface area contributed by atoms with Crippen LogP contribution in [0.3, 0.4) is 0 Å². The normalized spacial score (nSPS) is 24.8. The average Bonchev–Trinajstić information content (AvgIpc) is 2.74. The molecular formula is C10H18N2O. The van der Waals surface area contributed by atoms with Crippen molar-refractivity contribution in [2.24, 2.45) is 4.99 Å². The molecule has 2 rings (SSSR count). The summed E-state index contributed by atoms with van der Waals surface area (Å²) in [7, 11) is 0. The van der Waals surface area contributed by atoms with E-state index in [-0.39, 0.29) is 5.54 Å². The van der Waals surface area contributed by atoms with Crippen molar-refractivity contribution in [3.63, 3.8) is 0 Å². The van der Waals surface area contributed by atoms with Crippen molar-refractivity contribution >= 4 is 5.84 Å². The van der Waals surface area contributed by atoms with Crippen molar-refractivity contribution in [1.82, 2.24) is 5.32 Å². The third-order valence-corrected chi connectivity index (χ3v) is 2.97. The van der Waals surface area contributed by atoms with Gasteiger partial charge in [0.1, 0.15) is 12.4 Å². The van der Waals surface area contributed by atoms with Crippen molar-refractivity contribution in [1.29, 1.82) is 0 Å². The monoisotopic (exact) mass is 182 g/mol. The summed E-state index contributed by atoms with van der Waals surface area (Å²) in [5.41, 5.74) is 0.256. The molecule has 0 radical (unpaired) electrons. The first-order valence-electron chi connectivity index (χ1n) is 5.25. The summed E-state index contributed by atoms with van der Waals surface area (Å²) in [6.45, 7) is 4.49. The van der Waals surface area contributed by atoms with E-state index >= 15 is 0 Å². The lowest BCUT2D eigenvalue weighted by atomic mass is 10.0. The summed E-state index contributed by atoms with van der Waals surface area (Å²) < 4.78 is 5.33. The molecule has 74 valence electrons. The summed E-state index contributed by atoms with van der Waals surface area (Å²) in [6, 6.07) is 0. The highest BCUT2D eigenvalue weighted by Crippen LogP contribution is 2.34. The highest BCUT2D eigenvalue weighted by atomic mass is 16.5. The van der Waals surface area contributed by atoms with Gasteiger partial charge in [0.25, 0.3) is 0 Å². The van der Waals surface area contributed by atoms with Gasteiger partial charge in [-0.25, -0.2) is 0 Å². The SMILES string of the molecule is CCOCC1=NC2(CCCC2)CN1. The van der Waals surface area contributed by atoms with Crippen LogP contribution < -0.4 is 5.32 Å². The molecule has 2 aliphatic rings. The molecule has 0 unspecified atom stereocenters. The van der Waals surface area contributed by atoms with Crippen molar-refractivity contribution in [2.75, 3.05) is 19.8 Å².